The van der Waals surface area contributed by atoms with Gasteiger partial charge < -0.3 is 5.32 Å². The molecule has 5 heteroatoms. The highest BCUT2D eigenvalue weighted by atomic mass is 32.2. The molecule has 19 heavy (non-hydrogen) atoms. The first-order chi connectivity index (χ1) is 9.13. The molecule has 0 atom stereocenters. The van der Waals surface area contributed by atoms with Crippen LogP contribution < -0.4 is 5.32 Å². The summed E-state index contributed by atoms with van der Waals surface area (Å²) in [5.41, 5.74) is 0. The van der Waals surface area contributed by atoms with Crippen LogP contribution in [0, 0.1) is 5.92 Å². The number of hydrogen-bond acceptors (Lipinski definition) is 5. The number of fused-ring (bicyclic) bond motifs is 1. The molecule has 2 rings (SSSR count). The molecule has 0 aromatic carbocycles. The zero-order valence-corrected chi connectivity index (χ0v) is 13.6. The van der Waals surface area contributed by atoms with E-state index in [-0.39, 0.29) is 0 Å². The van der Waals surface area contributed by atoms with E-state index in [4.69, 9.17) is 4.98 Å². The third kappa shape index (κ3) is 3.60. The lowest BCUT2D eigenvalue weighted by Crippen LogP contribution is -2.00. The molecule has 0 amide bonds. The predicted octanol–water partition coefficient (Wildman–Crippen LogP) is 4.18. The van der Waals surface area contributed by atoms with E-state index in [0.717, 1.165) is 39.8 Å². The van der Waals surface area contributed by atoms with E-state index in [2.05, 4.69) is 37.1 Å². The van der Waals surface area contributed by atoms with Gasteiger partial charge in [-0.05, 0) is 24.2 Å². The van der Waals surface area contributed by atoms with Gasteiger partial charge in [0, 0.05) is 11.9 Å². The highest BCUT2D eigenvalue weighted by Gasteiger charge is 2.10. The monoisotopic (exact) mass is 295 g/mol. The van der Waals surface area contributed by atoms with Gasteiger partial charge in [0.05, 0.1) is 11.1 Å². The molecule has 0 bridgehead atoms. The minimum absolute atomic E-state index is 0.714. The summed E-state index contributed by atoms with van der Waals surface area (Å²) in [6.07, 6.45) is 1.06. The van der Waals surface area contributed by atoms with Crippen LogP contribution in [0.3, 0.4) is 0 Å². The Morgan fingerprint density at radius 2 is 2.16 bits per heavy atom. The molecule has 0 fully saturated rings. The summed E-state index contributed by atoms with van der Waals surface area (Å²) in [5, 5.41) is 4.35. The molecule has 0 aliphatic carbocycles. The molecule has 3 nitrogen and oxygen atoms in total. The maximum Gasteiger partial charge on any atom is 0.142 e. The molecule has 2 aromatic heterocycles. The van der Waals surface area contributed by atoms with Crippen molar-refractivity contribution in [2.45, 2.75) is 32.9 Å². The first-order valence-electron chi connectivity index (χ1n) is 6.68. The molecule has 0 saturated carbocycles. The van der Waals surface area contributed by atoms with Crippen LogP contribution in [0.4, 0.5) is 5.82 Å². The lowest BCUT2D eigenvalue weighted by atomic mass is 10.3. The number of aromatic nitrogens is 2. The highest BCUT2D eigenvalue weighted by Crippen LogP contribution is 2.29. The number of anilines is 1. The normalized spacial score (nSPS) is 11.4. The number of nitrogens with one attached hydrogen (secondary N) is 1. The van der Waals surface area contributed by atoms with Crippen molar-refractivity contribution in [1.82, 2.24) is 9.97 Å². The Labute approximate surface area is 123 Å². The Hall–Kier alpha value is -0.810. The standard InChI is InChI=1S/C14H21N3S2/c1-5-10-6-11-13(15-4)16-12(17-14(11)19-10)8-18-7-9(2)3/h6,9H,5,7-8H2,1-4H3,(H,15,16,17). The summed E-state index contributed by atoms with van der Waals surface area (Å²) in [7, 11) is 1.93. The van der Waals surface area contributed by atoms with E-state index < -0.39 is 0 Å². The predicted molar refractivity (Wildman–Crippen MR) is 87.3 cm³/mol. The number of thioether (sulfide) groups is 1. The molecule has 0 spiro atoms. The Morgan fingerprint density at radius 1 is 1.37 bits per heavy atom. The van der Waals surface area contributed by atoms with Gasteiger partial charge in [-0.25, -0.2) is 9.97 Å². The Balaban J connectivity index is 2.25. The molecule has 1 N–H and O–H groups in total. The van der Waals surface area contributed by atoms with Crippen LogP contribution in [0.15, 0.2) is 6.07 Å². The van der Waals surface area contributed by atoms with E-state index in [1.54, 1.807) is 11.3 Å². The molecule has 0 unspecified atom stereocenters. The molecule has 0 radical (unpaired) electrons. The fraction of sp³-hybridized carbons (Fsp3) is 0.571. The molecule has 2 aromatic rings. The van der Waals surface area contributed by atoms with Crippen LogP contribution in [0.1, 0.15) is 31.5 Å². The van der Waals surface area contributed by atoms with Crippen molar-refractivity contribution in [3.05, 3.63) is 16.8 Å². The van der Waals surface area contributed by atoms with Crippen molar-refractivity contribution in [3.63, 3.8) is 0 Å². The number of rotatable bonds is 6. The number of aryl methyl sites for hydroxylation is 1. The third-order valence-corrected chi connectivity index (χ3v) is 5.30. The van der Waals surface area contributed by atoms with Gasteiger partial charge in [0.1, 0.15) is 16.5 Å². The van der Waals surface area contributed by atoms with Crippen molar-refractivity contribution in [1.29, 1.82) is 0 Å². The number of thiophene rings is 1. The molecular weight excluding hydrogens is 274 g/mol. The van der Waals surface area contributed by atoms with Crippen molar-refractivity contribution in [3.8, 4) is 0 Å². The van der Waals surface area contributed by atoms with E-state index in [1.807, 2.05) is 18.8 Å². The summed E-state index contributed by atoms with van der Waals surface area (Å²) < 4.78 is 0. The molecule has 0 saturated heterocycles. The zero-order chi connectivity index (χ0) is 13.8. The maximum atomic E-state index is 4.70. The summed E-state index contributed by atoms with van der Waals surface area (Å²) in [6.45, 7) is 6.66. The molecule has 2 heterocycles. The van der Waals surface area contributed by atoms with Crippen LogP contribution >= 0.6 is 23.1 Å². The lowest BCUT2D eigenvalue weighted by Gasteiger charge is -2.06. The second-order valence-electron chi connectivity index (χ2n) is 4.93. The minimum atomic E-state index is 0.714. The van der Waals surface area contributed by atoms with Gasteiger partial charge in [-0.1, -0.05) is 20.8 Å². The average molecular weight is 295 g/mol. The van der Waals surface area contributed by atoms with Crippen LogP contribution in [-0.4, -0.2) is 22.8 Å². The second kappa shape index (κ2) is 6.57. The quantitative estimate of drug-likeness (QED) is 0.867. The average Bonchev–Trinajstić information content (AvgIpc) is 2.80. The fourth-order valence-electron chi connectivity index (χ4n) is 1.83. The lowest BCUT2D eigenvalue weighted by molar-refractivity contribution is 0.750. The first kappa shape index (κ1) is 14.6. The van der Waals surface area contributed by atoms with Gasteiger partial charge in [-0.15, -0.1) is 11.3 Å². The topological polar surface area (TPSA) is 37.8 Å². The van der Waals surface area contributed by atoms with E-state index in [1.165, 1.54) is 4.88 Å². The van der Waals surface area contributed by atoms with Crippen LogP contribution in [-0.2, 0) is 12.2 Å². The SMILES string of the molecule is CCc1cc2c(NC)nc(CSCC(C)C)nc2s1. The van der Waals surface area contributed by atoms with Crippen molar-refractivity contribution < 1.29 is 0 Å². The van der Waals surface area contributed by atoms with E-state index in [0.29, 0.717) is 5.92 Å². The summed E-state index contributed by atoms with van der Waals surface area (Å²) >= 11 is 3.69. The Kier molecular flexibility index (Phi) is 5.05. The third-order valence-electron chi connectivity index (χ3n) is 2.76. The van der Waals surface area contributed by atoms with Gasteiger partial charge in [0.15, 0.2) is 0 Å². The van der Waals surface area contributed by atoms with E-state index >= 15 is 0 Å². The minimum Gasteiger partial charge on any atom is -0.372 e. The molecule has 104 valence electrons. The Bertz CT molecular complexity index is 549. The smallest absolute Gasteiger partial charge is 0.142 e. The first-order valence-corrected chi connectivity index (χ1v) is 8.66. The maximum absolute atomic E-state index is 4.70. The van der Waals surface area contributed by atoms with Crippen LogP contribution in [0.25, 0.3) is 10.2 Å². The van der Waals surface area contributed by atoms with Gasteiger partial charge in [-0.2, -0.15) is 11.8 Å². The second-order valence-corrected chi connectivity index (χ2v) is 7.08. The van der Waals surface area contributed by atoms with Crippen LogP contribution in [0.2, 0.25) is 0 Å². The molecule has 0 aliphatic heterocycles. The Morgan fingerprint density at radius 3 is 2.79 bits per heavy atom. The summed E-state index contributed by atoms with van der Waals surface area (Å²) in [4.78, 5) is 11.8. The molecular formula is C14H21N3S2. The molecule has 0 aliphatic rings. The zero-order valence-electron chi connectivity index (χ0n) is 12.0. The van der Waals surface area contributed by atoms with Crippen molar-refractivity contribution in [2.75, 3.05) is 18.1 Å². The highest BCUT2D eigenvalue weighted by molar-refractivity contribution is 7.98. The van der Waals surface area contributed by atoms with Gasteiger partial charge >= 0.3 is 0 Å². The van der Waals surface area contributed by atoms with Gasteiger partial charge in [0.25, 0.3) is 0 Å². The largest absolute Gasteiger partial charge is 0.372 e. The fourth-order valence-corrected chi connectivity index (χ4v) is 3.72. The van der Waals surface area contributed by atoms with Crippen molar-refractivity contribution in [2.24, 2.45) is 5.92 Å². The number of nitrogens with zero attached hydrogens (tertiary/aromatic N) is 2. The van der Waals surface area contributed by atoms with E-state index in [9.17, 15) is 0 Å². The van der Waals surface area contributed by atoms with Crippen molar-refractivity contribution >= 4 is 39.1 Å². The summed E-state index contributed by atoms with van der Waals surface area (Å²) in [5.74, 6) is 4.65. The summed E-state index contributed by atoms with van der Waals surface area (Å²) in [6, 6.07) is 2.21. The van der Waals surface area contributed by atoms with Crippen LogP contribution in [0.5, 0.6) is 0 Å². The van der Waals surface area contributed by atoms with Gasteiger partial charge in [-0.3, -0.25) is 0 Å². The van der Waals surface area contributed by atoms with Gasteiger partial charge in [0.2, 0.25) is 0 Å². The number of hydrogen-bond donors (Lipinski definition) is 1.